The van der Waals surface area contributed by atoms with Crippen LogP contribution >= 0.6 is 0 Å². The molecule has 0 aliphatic rings. The number of hydrogen-bond acceptors (Lipinski definition) is 5. The number of amides is 1. The third-order valence-corrected chi connectivity index (χ3v) is 4.09. The maximum atomic E-state index is 13.3. The molecule has 3 aromatic heterocycles. The summed E-state index contributed by atoms with van der Waals surface area (Å²) in [6, 6.07) is 7.23. The molecule has 148 valence electrons. The Balaban J connectivity index is 1.55. The SMILES string of the molecule is Cc1cc(C(F)F)n2ncc(C(=O)Nc3ncn(Cc4cccc(F)c4)n3)c2n1. The molecular weight excluding hydrogens is 387 g/mol. The lowest BCUT2D eigenvalue weighted by Crippen LogP contribution is -2.14. The third kappa shape index (κ3) is 3.79. The van der Waals surface area contributed by atoms with E-state index >= 15 is 0 Å². The normalized spacial score (nSPS) is 11.3. The average Bonchev–Trinajstić information content (AvgIpc) is 3.27. The fourth-order valence-corrected chi connectivity index (χ4v) is 2.85. The molecule has 0 spiro atoms. The Morgan fingerprint density at radius 2 is 2.10 bits per heavy atom. The largest absolute Gasteiger partial charge is 0.289 e. The van der Waals surface area contributed by atoms with Gasteiger partial charge in [-0.2, -0.15) is 5.10 Å². The van der Waals surface area contributed by atoms with E-state index in [4.69, 9.17) is 0 Å². The monoisotopic (exact) mass is 401 g/mol. The molecule has 1 N–H and O–H groups in total. The van der Waals surface area contributed by atoms with Gasteiger partial charge in [-0.25, -0.2) is 32.3 Å². The van der Waals surface area contributed by atoms with Gasteiger partial charge >= 0.3 is 0 Å². The van der Waals surface area contributed by atoms with Crippen molar-refractivity contribution in [1.82, 2.24) is 29.4 Å². The van der Waals surface area contributed by atoms with E-state index in [2.05, 4.69) is 25.5 Å². The first-order chi connectivity index (χ1) is 13.9. The van der Waals surface area contributed by atoms with Crippen LogP contribution in [-0.2, 0) is 6.54 Å². The van der Waals surface area contributed by atoms with Crippen molar-refractivity contribution in [3.8, 4) is 0 Å². The van der Waals surface area contributed by atoms with Gasteiger partial charge in [0.2, 0.25) is 5.95 Å². The van der Waals surface area contributed by atoms with E-state index in [0.717, 1.165) is 10.7 Å². The Labute approximate surface area is 162 Å². The van der Waals surface area contributed by atoms with Crippen LogP contribution in [0.1, 0.15) is 33.7 Å². The lowest BCUT2D eigenvalue weighted by molar-refractivity contribution is 0.102. The molecule has 0 saturated carbocycles. The third-order valence-electron chi connectivity index (χ3n) is 4.09. The molecule has 8 nitrogen and oxygen atoms in total. The van der Waals surface area contributed by atoms with E-state index in [0.29, 0.717) is 11.3 Å². The predicted octanol–water partition coefficient (Wildman–Crippen LogP) is 3.01. The summed E-state index contributed by atoms with van der Waals surface area (Å²) in [6.07, 6.45) is -0.226. The number of carbonyl (C=O) groups is 1. The van der Waals surface area contributed by atoms with E-state index in [1.165, 1.54) is 29.2 Å². The van der Waals surface area contributed by atoms with Gasteiger partial charge in [-0.3, -0.25) is 10.1 Å². The number of fused-ring (bicyclic) bond motifs is 1. The fraction of sp³-hybridized carbons (Fsp3) is 0.167. The summed E-state index contributed by atoms with van der Waals surface area (Å²) < 4.78 is 42.0. The van der Waals surface area contributed by atoms with Crippen LogP contribution in [0.15, 0.2) is 42.9 Å². The molecule has 0 saturated heterocycles. The first kappa shape index (κ1) is 18.6. The van der Waals surface area contributed by atoms with E-state index < -0.39 is 12.3 Å². The highest BCUT2D eigenvalue weighted by Crippen LogP contribution is 2.22. The van der Waals surface area contributed by atoms with Crippen LogP contribution < -0.4 is 5.32 Å². The topological polar surface area (TPSA) is 90.0 Å². The minimum Gasteiger partial charge on any atom is -0.289 e. The standard InChI is InChI=1S/C18H14F3N7O/c1-10-5-14(15(20)21)28-16(24-10)13(7-23-28)17(29)25-18-22-9-27(26-18)8-11-3-2-4-12(19)6-11/h2-7,9,15H,8H2,1H3,(H,25,26,29). The van der Waals surface area contributed by atoms with E-state index in [-0.39, 0.29) is 35.2 Å². The van der Waals surface area contributed by atoms with Crippen LogP contribution in [0.3, 0.4) is 0 Å². The van der Waals surface area contributed by atoms with Gasteiger partial charge in [-0.1, -0.05) is 12.1 Å². The maximum Gasteiger partial charge on any atom is 0.280 e. The van der Waals surface area contributed by atoms with Gasteiger partial charge in [0.25, 0.3) is 12.3 Å². The van der Waals surface area contributed by atoms with Crippen molar-refractivity contribution in [3.63, 3.8) is 0 Å². The molecule has 4 aromatic rings. The molecular formula is C18H14F3N7O. The number of halogens is 3. The number of aryl methyl sites for hydroxylation is 1. The zero-order valence-corrected chi connectivity index (χ0v) is 15.1. The predicted molar refractivity (Wildman–Crippen MR) is 96.2 cm³/mol. The number of benzene rings is 1. The molecule has 4 rings (SSSR count). The number of nitrogens with one attached hydrogen (secondary N) is 1. The van der Waals surface area contributed by atoms with Gasteiger partial charge < -0.3 is 0 Å². The number of hydrogen-bond donors (Lipinski definition) is 1. The number of anilines is 1. The molecule has 1 amide bonds. The van der Waals surface area contributed by atoms with Crippen molar-refractivity contribution in [2.75, 3.05) is 5.32 Å². The number of rotatable bonds is 5. The van der Waals surface area contributed by atoms with Crippen LogP contribution in [0, 0.1) is 12.7 Å². The summed E-state index contributed by atoms with van der Waals surface area (Å²) in [5.41, 5.74) is 0.674. The lowest BCUT2D eigenvalue weighted by Gasteiger charge is -2.05. The van der Waals surface area contributed by atoms with Gasteiger partial charge in [0.05, 0.1) is 12.7 Å². The Bertz CT molecular complexity index is 1200. The van der Waals surface area contributed by atoms with E-state index in [1.54, 1.807) is 19.1 Å². The summed E-state index contributed by atoms with van der Waals surface area (Å²) in [5, 5.41) is 10.4. The molecule has 3 heterocycles. The molecule has 0 aliphatic carbocycles. The molecule has 0 fully saturated rings. The average molecular weight is 401 g/mol. The van der Waals surface area contributed by atoms with Gasteiger partial charge in [-0.05, 0) is 30.7 Å². The van der Waals surface area contributed by atoms with Crippen LogP contribution in [0.4, 0.5) is 19.1 Å². The summed E-state index contributed by atoms with van der Waals surface area (Å²) in [4.78, 5) is 20.7. The second-order valence-electron chi connectivity index (χ2n) is 6.27. The van der Waals surface area contributed by atoms with Crippen LogP contribution in [0.2, 0.25) is 0 Å². The highest BCUT2D eigenvalue weighted by atomic mass is 19.3. The van der Waals surface area contributed by atoms with E-state index in [1.807, 2.05) is 0 Å². The number of alkyl halides is 2. The highest BCUT2D eigenvalue weighted by Gasteiger charge is 2.21. The lowest BCUT2D eigenvalue weighted by atomic mass is 10.2. The minimum absolute atomic E-state index is 0.00693. The second-order valence-corrected chi connectivity index (χ2v) is 6.27. The van der Waals surface area contributed by atoms with Crippen molar-refractivity contribution < 1.29 is 18.0 Å². The summed E-state index contributed by atoms with van der Waals surface area (Å²) >= 11 is 0. The van der Waals surface area contributed by atoms with Gasteiger partial charge in [0.15, 0.2) is 5.65 Å². The Kier molecular flexibility index (Phi) is 4.71. The Morgan fingerprint density at radius 3 is 2.86 bits per heavy atom. The van der Waals surface area contributed by atoms with Crippen molar-refractivity contribution in [3.05, 3.63) is 71.2 Å². The molecule has 1 aromatic carbocycles. The fourth-order valence-electron chi connectivity index (χ4n) is 2.85. The summed E-state index contributed by atoms with van der Waals surface area (Å²) in [5.74, 6) is -0.996. The Morgan fingerprint density at radius 1 is 1.28 bits per heavy atom. The maximum absolute atomic E-state index is 13.3. The second kappa shape index (κ2) is 7.34. The Hall–Kier alpha value is -3.76. The first-order valence-electron chi connectivity index (χ1n) is 8.49. The smallest absolute Gasteiger partial charge is 0.280 e. The summed E-state index contributed by atoms with van der Waals surface area (Å²) in [7, 11) is 0. The number of nitrogens with zero attached hydrogens (tertiary/aromatic N) is 6. The molecule has 29 heavy (non-hydrogen) atoms. The quantitative estimate of drug-likeness (QED) is 0.555. The molecule has 0 aliphatic heterocycles. The minimum atomic E-state index is -2.77. The number of carbonyl (C=O) groups excluding carboxylic acids is 1. The molecule has 0 radical (unpaired) electrons. The number of aromatic nitrogens is 6. The van der Waals surface area contributed by atoms with Crippen molar-refractivity contribution in [2.24, 2.45) is 0 Å². The van der Waals surface area contributed by atoms with Crippen LogP contribution in [0.25, 0.3) is 5.65 Å². The van der Waals surface area contributed by atoms with Gasteiger partial charge in [-0.15, -0.1) is 5.10 Å². The molecule has 11 heteroatoms. The van der Waals surface area contributed by atoms with Crippen molar-refractivity contribution in [2.45, 2.75) is 19.9 Å². The van der Waals surface area contributed by atoms with Crippen molar-refractivity contribution >= 4 is 17.5 Å². The van der Waals surface area contributed by atoms with Crippen molar-refractivity contribution in [1.29, 1.82) is 0 Å². The molecule has 0 unspecified atom stereocenters. The summed E-state index contributed by atoms with van der Waals surface area (Å²) in [6.45, 7) is 1.81. The van der Waals surface area contributed by atoms with Crippen LogP contribution in [0.5, 0.6) is 0 Å². The zero-order chi connectivity index (χ0) is 20.5. The highest BCUT2D eigenvalue weighted by molar-refractivity contribution is 6.07. The van der Waals surface area contributed by atoms with Gasteiger partial charge in [0, 0.05) is 5.69 Å². The zero-order valence-electron chi connectivity index (χ0n) is 15.1. The van der Waals surface area contributed by atoms with E-state index in [9.17, 15) is 18.0 Å². The van der Waals surface area contributed by atoms with Crippen LogP contribution in [-0.4, -0.2) is 35.3 Å². The van der Waals surface area contributed by atoms with Gasteiger partial charge in [0.1, 0.15) is 23.4 Å². The molecule has 0 bridgehead atoms. The first-order valence-corrected chi connectivity index (χ1v) is 8.49. The molecule has 0 atom stereocenters.